The van der Waals surface area contributed by atoms with Gasteiger partial charge in [-0.25, -0.2) is 0 Å². The fraction of sp³-hybridized carbons (Fsp3) is 0.208. The van der Waals surface area contributed by atoms with Gasteiger partial charge in [-0.2, -0.15) is 0 Å². The van der Waals surface area contributed by atoms with Crippen LogP contribution in [-0.4, -0.2) is 19.1 Å². The van der Waals surface area contributed by atoms with E-state index in [1.165, 1.54) is 5.56 Å². The first kappa shape index (κ1) is 20.7. The van der Waals surface area contributed by atoms with Crippen LogP contribution in [0.15, 0.2) is 72.8 Å². The molecule has 0 atom stereocenters. The molecular formula is C24H24ClNO3. The van der Waals surface area contributed by atoms with Gasteiger partial charge in [-0.3, -0.25) is 4.79 Å². The summed E-state index contributed by atoms with van der Waals surface area (Å²) in [6.45, 7) is 3.32. The normalized spacial score (nSPS) is 10.4. The van der Waals surface area contributed by atoms with Crippen molar-refractivity contribution in [3.63, 3.8) is 0 Å². The molecule has 1 N–H and O–H groups in total. The highest BCUT2D eigenvalue weighted by molar-refractivity contribution is 6.30. The van der Waals surface area contributed by atoms with Gasteiger partial charge in [-0.05, 0) is 86.0 Å². The first-order valence-corrected chi connectivity index (χ1v) is 9.97. The number of halogens is 1. The van der Waals surface area contributed by atoms with Crippen LogP contribution in [0.25, 0.3) is 0 Å². The molecule has 0 aliphatic rings. The monoisotopic (exact) mass is 409 g/mol. The van der Waals surface area contributed by atoms with Crippen molar-refractivity contribution in [3.8, 4) is 11.5 Å². The maximum atomic E-state index is 12.3. The summed E-state index contributed by atoms with van der Waals surface area (Å²) in [7, 11) is 0. The zero-order valence-corrected chi connectivity index (χ0v) is 17.1. The number of benzene rings is 3. The predicted octanol–water partition coefficient (Wildman–Crippen LogP) is 6.14. The molecule has 0 aromatic heterocycles. The molecule has 0 spiro atoms. The first-order chi connectivity index (χ1) is 14.1. The molecule has 0 fully saturated rings. The molecule has 0 saturated carbocycles. The van der Waals surface area contributed by atoms with E-state index in [2.05, 4.69) is 5.32 Å². The van der Waals surface area contributed by atoms with Gasteiger partial charge in [0.25, 0.3) is 5.91 Å². The van der Waals surface area contributed by atoms with Gasteiger partial charge >= 0.3 is 0 Å². The van der Waals surface area contributed by atoms with Gasteiger partial charge in [0.2, 0.25) is 0 Å². The number of unbranched alkanes of at least 4 members (excludes halogenated alkanes) is 1. The second-order valence-corrected chi connectivity index (χ2v) is 7.14. The van der Waals surface area contributed by atoms with Crippen LogP contribution in [0.1, 0.15) is 28.8 Å². The third-order valence-electron chi connectivity index (χ3n) is 4.28. The Labute approximate surface area is 176 Å². The number of anilines is 1. The van der Waals surface area contributed by atoms with Crippen molar-refractivity contribution in [2.24, 2.45) is 0 Å². The maximum absolute atomic E-state index is 12.3. The molecule has 3 rings (SSSR count). The Morgan fingerprint density at radius 2 is 1.52 bits per heavy atom. The van der Waals surface area contributed by atoms with Gasteiger partial charge in [0.05, 0.1) is 13.2 Å². The molecule has 3 aromatic carbocycles. The second-order valence-electron chi connectivity index (χ2n) is 6.71. The van der Waals surface area contributed by atoms with Crippen LogP contribution in [-0.2, 0) is 0 Å². The number of ether oxygens (including phenoxy) is 2. The van der Waals surface area contributed by atoms with Crippen LogP contribution in [0.4, 0.5) is 5.69 Å². The highest BCUT2D eigenvalue weighted by Crippen LogP contribution is 2.17. The second kappa shape index (κ2) is 10.5. The summed E-state index contributed by atoms with van der Waals surface area (Å²) in [5.41, 5.74) is 2.46. The average molecular weight is 410 g/mol. The van der Waals surface area contributed by atoms with Crippen molar-refractivity contribution in [2.45, 2.75) is 19.8 Å². The Morgan fingerprint density at radius 3 is 2.17 bits per heavy atom. The van der Waals surface area contributed by atoms with Crippen LogP contribution in [0.2, 0.25) is 5.02 Å². The lowest BCUT2D eigenvalue weighted by molar-refractivity contribution is 0.102. The molecule has 29 heavy (non-hydrogen) atoms. The van der Waals surface area contributed by atoms with Crippen LogP contribution in [0, 0.1) is 6.92 Å². The van der Waals surface area contributed by atoms with Crippen molar-refractivity contribution in [3.05, 3.63) is 88.9 Å². The minimum Gasteiger partial charge on any atom is -0.494 e. The molecule has 0 aliphatic heterocycles. The highest BCUT2D eigenvalue weighted by atomic mass is 35.5. The summed E-state index contributed by atoms with van der Waals surface area (Å²) in [4.78, 5) is 12.3. The Hall–Kier alpha value is -2.98. The molecule has 1 amide bonds. The Bertz CT molecular complexity index is 924. The maximum Gasteiger partial charge on any atom is 0.255 e. The smallest absolute Gasteiger partial charge is 0.255 e. The third kappa shape index (κ3) is 6.84. The largest absolute Gasteiger partial charge is 0.494 e. The molecule has 0 radical (unpaired) electrons. The molecule has 3 aromatic rings. The molecule has 0 aliphatic carbocycles. The number of amides is 1. The number of hydrogen-bond donors (Lipinski definition) is 1. The van der Waals surface area contributed by atoms with Crippen molar-refractivity contribution >= 4 is 23.2 Å². The summed E-state index contributed by atoms with van der Waals surface area (Å²) >= 11 is 5.85. The zero-order valence-electron chi connectivity index (χ0n) is 16.4. The molecule has 0 saturated heterocycles. The fourth-order valence-corrected chi connectivity index (χ4v) is 2.85. The predicted molar refractivity (Wildman–Crippen MR) is 117 cm³/mol. The lowest BCUT2D eigenvalue weighted by Crippen LogP contribution is -2.11. The summed E-state index contributed by atoms with van der Waals surface area (Å²) in [5, 5.41) is 3.47. The van der Waals surface area contributed by atoms with Crippen LogP contribution in [0.3, 0.4) is 0 Å². The van der Waals surface area contributed by atoms with Crippen LogP contribution >= 0.6 is 11.6 Å². The van der Waals surface area contributed by atoms with Crippen LogP contribution < -0.4 is 14.8 Å². The summed E-state index contributed by atoms with van der Waals surface area (Å²) in [6, 6.07) is 22.2. The Balaban J connectivity index is 1.36. The van der Waals surface area contributed by atoms with E-state index in [-0.39, 0.29) is 5.91 Å². The van der Waals surface area contributed by atoms with E-state index in [9.17, 15) is 4.79 Å². The Morgan fingerprint density at radius 1 is 0.862 bits per heavy atom. The van der Waals surface area contributed by atoms with Gasteiger partial charge in [-0.1, -0.05) is 23.7 Å². The number of nitrogens with one attached hydrogen (secondary N) is 1. The summed E-state index contributed by atoms with van der Waals surface area (Å²) in [6.07, 6.45) is 1.81. The van der Waals surface area contributed by atoms with Crippen molar-refractivity contribution < 1.29 is 14.3 Å². The number of hydrogen-bond acceptors (Lipinski definition) is 3. The standard InChI is InChI=1S/C24H24ClNO3/c1-18-5-4-6-23(17-18)29-16-3-2-15-28-22-13-7-19(8-14-22)24(27)26-21-11-9-20(25)10-12-21/h4-14,17H,2-3,15-16H2,1H3,(H,26,27). The number of aryl methyl sites for hydroxylation is 1. The Kier molecular flexibility index (Phi) is 7.54. The fourth-order valence-electron chi connectivity index (χ4n) is 2.73. The zero-order chi connectivity index (χ0) is 20.5. The number of rotatable bonds is 9. The first-order valence-electron chi connectivity index (χ1n) is 9.59. The highest BCUT2D eigenvalue weighted by Gasteiger charge is 2.06. The van der Waals surface area contributed by atoms with Crippen molar-refractivity contribution in [1.29, 1.82) is 0 Å². The quantitative estimate of drug-likeness (QED) is 0.432. The average Bonchev–Trinajstić information content (AvgIpc) is 2.73. The van der Waals surface area contributed by atoms with Gasteiger partial charge < -0.3 is 14.8 Å². The van der Waals surface area contributed by atoms with Gasteiger partial charge in [-0.15, -0.1) is 0 Å². The van der Waals surface area contributed by atoms with Crippen LogP contribution in [0.5, 0.6) is 11.5 Å². The third-order valence-corrected chi connectivity index (χ3v) is 4.54. The number of carbonyl (C=O) groups is 1. The van der Waals surface area contributed by atoms with E-state index in [1.54, 1.807) is 48.5 Å². The van der Waals surface area contributed by atoms with E-state index in [0.29, 0.717) is 29.5 Å². The molecular weight excluding hydrogens is 386 g/mol. The molecule has 4 nitrogen and oxygen atoms in total. The summed E-state index contributed by atoms with van der Waals surface area (Å²) < 4.78 is 11.5. The van der Waals surface area contributed by atoms with E-state index in [1.807, 2.05) is 31.2 Å². The molecule has 150 valence electrons. The van der Waals surface area contributed by atoms with Gasteiger partial charge in [0.15, 0.2) is 0 Å². The van der Waals surface area contributed by atoms with Crippen molar-refractivity contribution in [2.75, 3.05) is 18.5 Å². The topological polar surface area (TPSA) is 47.6 Å². The van der Waals surface area contributed by atoms with E-state index in [4.69, 9.17) is 21.1 Å². The van der Waals surface area contributed by atoms with E-state index in [0.717, 1.165) is 24.3 Å². The van der Waals surface area contributed by atoms with E-state index >= 15 is 0 Å². The van der Waals surface area contributed by atoms with Gasteiger partial charge in [0, 0.05) is 16.3 Å². The minimum atomic E-state index is -0.174. The van der Waals surface area contributed by atoms with Gasteiger partial charge in [0.1, 0.15) is 11.5 Å². The molecule has 0 unspecified atom stereocenters. The van der Waals surface area contributed by atoms with E-state index < -0.39 is 0 Å². The SMILES string of the molecule is Cc1cccc(OCCCCOc2ccc(C(=O)Nc3ccc(Cl)cc3)cc2)c1. The summed E-state index contributed by atoms with van der Waals surface area (Å²) in [5.74, 6) is 1.47. The molecule has 0 heterocycles. The minimum absolute atomic E-state index is 0.174. The number of carbonyl (C=O) groups excluding carboxylic acids is 1. The molecule has 5 heteroatoms. The van der Waals surface area contributed by atoms with Crippen molar-refractivity contribution in [1.82, 2.24) is 0 Å². The molecule has 0 bridgehead atoms. The lowest BCUT2D eigenvalue weighted by Gasteiger charge is -2.09. The lowest BCUT2D eigenvalue weighted by atomic mass is 10.2.